The van der Waals surface area contributed by atoms with Crippen molar-refractivity contribution in [1.29, 1.82) is 0 Å². The number of hydrogen-bond donors (Lipinski definition) is 2. The fraction of sp³-hybridized carbons (Fsp3) is 0.107. The summed E-state index contributed by atoms with van der Waals surface area (Å²) in [5, 5.41) is 17.3. The summed E-state index contributed by atoms with van der Waals surface area (Å²) < 4.78 is 7.62. The van der Waals surface area contributed by atoms with Crippen molar-refractivity contribution in [3.05, 3.63) is 111 Å². The van der Waals surface area contributed by atoms with Crippen LogP contribution in [0.15, 0.2) is 99.5 Å². The molecule has 2 N–H and O–H groups in total. The van der Waals surface area contributed by atoms with Crippen LogP contribution in [0.2, 0.25) is 0 Å². The van der Waals surface area contributed by atoms with E-state index in [1.54, 1.807) is 6.20 Å². The summed E-state index contributed by atoms with van der Waals surface area (Å²) in [6.45, 7) is 0. The molecule has 0 bridgehead atoms. The summed E-state index contributed by atoms with van der Waals surface area (Å²) in [7, 11) is 0. The first-order chi connectivity index (χ1) is 18.1. The molecule has 4 heterocycles. The first-order valence-electron chi connectivity index (χ1n) is 11.8. The lowest BCUT2D eigenvalue weighted by Crippen LogP contribution is -2.61. The number of fused-ring (bicyclic) bond motifs is 4. The number of rotatable bonds is 3. The number of ether oxygens (including phenoxy) is 1. The van der Waals surface area contributed by atoms with Crippen LogP contribution in [0.25, 0.3) is 17.3 Å². The van der Waals surface area contributed by atoms with E-state index in [1.807, 2.05) is 71.7 Å². The van der Waals surface area contributed by atoms with Crippen LogP contribution in [-0.4, -0.2) is 32.0 Å². The Labute approximate surface area is 225 Å². The number of carbonyl (C=O) groups is 1. The molecule has 182 valence electrons. The smallest absolute Gasteiger partial charge is 0.314 e. The fourth-order valence-corrected chi connectivity index (χ4v) is 6.35. The van der Waals surface area contributed by atoms with Crippen LogP contribution in [0.5, 0.6) is 5.75 Å². The van der Waals surface area contributed by atoms with Gasteiger partial charge in [-0.3, -0.25) is 15.2 Å². The molecule has 4 aromatic rings. The predicted molar refractivity (Wildman–Crippen MR) is 148 cm³/mol. The van der Waals surface area contributed by atoms with Gasteiger partial charge in [-0.2, -0.15) is 10.2 Å². The van der Waals surface area contributed by atoms with Gasteiger partial charge in [-0.15, -0.1) is 0 Å². The molecule has 1 amide bonds. The number of hydrazone groups is 1. The normalized spacial score (nSPS) is 23.0. The van der Waals surface area contributed by atoms with E-state index in [0.717, 1.165) is 55.6 Å². The topological polar surface area (TPSA) is 82.6 Å². The number of aromatic amines is 1. The zero-order chi connectivity index (χ0) is 25.0. The molecule has 3 aromatic carbocycles. The molecular formula is C28H20BrN5O2S. The second kappa shape index (κ2) is 8.64. The zero-order valence-electron chi connectivity index (χ0n) is 19.4. The third-order valence-corrected chi connectivity index (χ3v) is 8.15. The van der Waals surface area contributed by atoms with E-state index in [1.165, 1.54) is 0 Å². The molecule has 3 aliphatic rings. The molecule has 37 heavy (non-hydrogen) atoms. The molecule has 9 heteroatoms. The Bertz CT molecular complexity index is 1590. The van der Waals surface area contributed by atoms with Crippen molar-refractivity contribution in [2.45, 2.75) is 18.3 Å². The number of carbonyl (C=O) groups excluding carboxylic acids is 1. The van der Waals surface area contributed by atoms with Gasteiger partial charge in [-0.05, 0) is 41.6 Å². The minimum absolute atomic E-state index is 0.114. The highest BCUT2D eigenvalue weighted by atomic mass is 79.9. The predicted octanol–water partition coefficient (Wildman–Crippen LogP) is 6.53. The van der Waals surface area contributed by atoms with Crippen molar-refractivity contribution < 1.29 is 9.53 Å². The van der Waals surface area contributed by atoms with Gasteiger partial charge in [0.2, 0.25) is 0 Å². The maximum absolute atomic E-state index is 12.9. The summed E-state index contributed by atoms with van der Waals surface area (Å²) >= 11 is 4.73. The Morgan fingerprint density at radius 1 is 1.05 bits per heavy atom. The van der Waals surface area contributed by atoms with Gasteiger partial charge in [-0.1, -0.05) is 76.6 Å². The first-order valence-corrected chi connectivity index (χ1v) is 13.4. The van der Waals surface area contributed by atoms with Gasteiger partial charge < -0.3 is 4.74 Å². The molecule has 1 spiro atoms. The van der Waals surface area contributed by atoms with Gasteiger partial charge in [0.25, 0.3) is 5.24 Å². The van der Waals surface area contributed by atoms with Crippen LogP contribution in [0.4, 0.5) is 4.79 Å². The Balaban J connectivity index is 1.39. The molecule has 1 aromatic heterocycles. The lowest BCUT2D eigenvalue weighted by Gasteiger charge is -2.45. The zero-order valence-corrected chi connectivity index (χ0v) is 21.8. The molecule has 1 fully saturated rings. The van der Waals surface area contributed by atoms with Gasteiger partial charge in [0.15, 0.2) is 0 Å². The standard InChI is InChI=1S/C28H20BrN5O2S/c29-20-11-12-24-21(14-20)23-15-22(17-7-3-1-4-8-17)33-34(23)28(36-24)25(37-27(35)31-28)13-19-16-30-32-26(19)18-9-5-2-6-10-18/h1-14,16,23H,15H2,(H,30,32)(H,31,35). The van der Waals surface area contributed by atoms with Gasteiger partial charge in [0, 0.05) is 27.6 Å². The molecule has 7 rings (SSSR count). The van der Waals surface area contributed by atoms with Gasteiger partial charge in [-0.25, -0.2) is 5.01 Å². The number of thioether (sulfide) groups is 1. The number of aromatic nitrogens is 2. The van der Waals surface area contributed by atoms with Crippen molar-refractivity contribution in [2.75, 3.05) is 0 Å². The third-order valence-electron chi connectivity index (χ3n) is 6.75. The number of nitrogens with zero attached hydrogens (tertiary/aromatic N) is 3. The van der Waals surface area contributed by atoms with Gasteiger partial charge in [0.05, 0.1) is 28.5 Å². The monoisotopic (exact) mass is 569 g/mol. The molecule has 3 aliphatic heterocycles. The maximum atomic E-state index is 12.9. The summed E-state index contributed by atoms with van der Waals surface area (Å²) in [6.07, 6.45) is 4.42. The third kappa shape index (κ3) is 3.69. The van der Waals surface area contributed by atoms with E-state index in [0.29, 0.717) is 11.3 Å². The summed E-state index contributed by atoms with van der Waals surface area (Å²) in [4.78, 5) is 13.6. The summed E-state index contributed by atoms with van der Waals surface area (Å²) in [5.74, 6) is -0.548. The van der Waals surface area contributed by atoms with E-state index >= 15 is 0 Å². The van der Waals surface area contributed by atoms with Crippen LogP contribution in [0.1, 0.15) is 29.2 Å². The number of H-pyrrole nitrogens is 1. The van der Waals surface area contributed by atoms with Crippen molar-refractivity contribution in [3.8, 4) is 17.0 Å². The van der Waals surface area contributed by atoms with E-state index in [2.05, 4.69) is 49.6 Å². The van der Waals surface area contributed by atoms with Crippen LogP contribution in [-0.2, 0) is 0 Å². The largest absolute Gasteiger partial charge is 0.444 e. The van der Waals surface area contributed by atoms with Crippen LogP contribution >= 0.6 is 27.7 Å². The van der Waals surface area contributed by atoms with E-state index in [9.17, 15) is 4.79 Å². The lowest BCUT2D eigenvalue weighted by atomic mass is 9.95. The van der Waals surface area contributed by atoms with Gasteiger partial charge >= 0.3 is 5.85 Å². The second-order valence-electron chi connectivity index (χ2n) is 8.99. The average Bonchev–Trinajstić information content (AvgIpc) is 3.64. The molecule has 0 radical (unpaired) electrons. The Morgan fingerprint density at radius 3 is 2.59 bits per heavy atom. The molecule has 2 atom stereocenters. The van der Waals surface area contributed by atoms with Crippen molar-refractivity contribution in [3.63, 3.8) is 0 Å². The van der Waals surface area contributed by atoms with Crippen molar-refractivity contribution in [1.82, 2.24) is 20.5 Å². The van der Waals surface area contributed by atoms with E-state index < -0.39 is 5.85 Å². The molecule has 1 saturated heterocycles. The van der Waals surface area contributed by atoms with E-state index in [4.69, 9.17) is 9.84 Å². The van der Waals surface area contributed by atoms with Crippen LogP contribution in [0, 0.1) is 0 Å². The second-order valence-corrected chi connectivity index (χ2v) is 10.9. The highest BCUT2D eigenvalue weighted by Crippen LogP contribution is 2.53. The lowest BCUT2D eigenvalue weighted by molar-refractivity contribution is -0.0949. The number of hydrogen-bond acceptors (Lipinski definition) is 6. The number of halogens is 1. The Morgan fingerprint density at radius 2 is 1.81 bits per heavy atom. The summed E-state index contributed by atoms with van der Waals surface area (Å²) in [6, 6.07) is 26.0. The number of benzene rings is 3. The minimum Gasteiger partial charge on any atom is -0.444 e. The molecule has 7 nitrogen and oxygen atoms in total. The molecule has 0 saturated carbocycles. The maximum Gasteiger partial charge on any atom is 0.314 e. The Hall–Kier alpha value is -3.82. The Kier molecular flexibility index (Phi) is 5.23. The first kappa shape index (κ1) is 22.4. The van der Waals surface area contributed by atoms with E-state index in [-0.39, 0.29) is 11.3 Å². The molecular weight excluding hydrogens is 550 g/mol. The number of nitrogens with one attached hydrogen (secondary N) is 2. The van der Waals surface area contributed by atoms with Crippen molar-refractivity contribution in [2.24, 2.45) is 5.10 Å². The minimum atomic E-state index is -1.27. The SMILES string of the molecule is O=C1NC2(Oc3ccc(Br)cc3C3CC(c4ccccc4)=NN32)C(=Cc2cn[nH]c2-c2ccccc2)S1. The average molecular weight is 570 g/mol. The molecule has 0 aliphatic carbocycles. The summed E-state index contributed by atoms with van der Waals surface area (Å²) in [5.41, 5.74) is 5.75. The van der Waals surface area contributed by atoms with Crippen molar-refractivity contribution >= 4 is 44.7 Å². The number of amides is 1. The fourth-order valence-electron chi connectivity index (χ4n) is 5.08. The molecule has 2 unspecified atom stereocenters. The highest BCUT2D eigenvalue weighted by molar-refractivity contribution is 9.10. The highest BCUT2D eigenvalue weighted by Gasteiger charge is 2.58. The quantitative estimate of drug-likeness (QED) is 0.293. The van der Waals surface area contributed by atoms with Crippen LogP contribution < -0.4 is 10.1 Å². The van der Waals surface area contributed by atoms with Crippen LogP contribution in [0.3, 0.4) is 0 Å². The van der Waals surface area contributed by atoms with Gasteiger partial charge in [0.1, 0.15) is 5.75 Å².